The largest absolute Gasteiger partial charge is 0.457 e. The number of amides is 1. The van der Waals surface area contributed by atoms with E-state index in [1.54, 1.807) is 21.7 Å². The highest BCUT2D eigenvalue weighted by Crippen LogP contribution is 2.37. The molecule has 2 aromatic carbocycles. The summed E-state index contributed by atoms with van der Waals surface area (Å²) >= 11 is 0. The van der Waals surface area contributed by atoms with Gasteiger partial charge in [-0.1, -0.05) is 36.4 Å². The standard InChI is InChI=1S/C29H31FN6O3/c1-34(2)15-6-9-25(37)35-16-14-23(30)24(18-35)36-17-22(26-27(36)29(38)33-32-28(26)31)19-10-12-21(13-11-19)39-20-7-4-3-5-8-20/h3-13,17,23-24H,14-16,18H2,1-2H3,(H2,31,32)(H,33,38). The molecule has 1 saturated heterocycles. The second-order valence-electron chi connectivity index (χ2n) is 9.87. The summed E-state index contributed by atoms with van der Waals surface area (Å²) in [6.07, 6.45) is 3.95. The Morgan fingerprint density at radius 1 is 1.18 bits per heavy atom. The molecule has 2 atom stereocenters. The van der Waals surface area contributed by atoms with Crippen molar-refractivity contribution in [2.75, 3.05) is 39.5 Å². The Morgan fingerprint density at radius 3 is 2.62 bits per heavy atom. The smallest absolute Gasteiger partial charge is 0.288 e. The lowest BCUT2D eigenvalue weighted by Gasteiger charge is -2.35. The summed E-state index contributed by atoms with van der Waals surface area (Å²) in [5, 5.41) is 6.83. The monoisotopic (exact) mass is 530 g/mol. The van der Waals surface area contributed by atoms with Crippen LogP contribution < -0.4 is 16.0 Å². The number of ether oxygens (including phenoxy) is 1. The van der Waals surface area contributed by atoms with Crippen molar-refractivity contribution < 1.29 is 13.9 Å². The van der Waals surface area contributed by atoms with Crippen molar-refractivity contribution in [1.82, 2.24) is 24.6 Å². The maximum atomic E-state index is 15.4. The molecule has 3 heterocycles. The van der Waals surface area contributed by atoms with Crippen LogP contribution in [0.4, 0.5) is 10.2 Å². The molecule has 39 heavy (non-hydrogen) atoms. The van der Waals surface area contributed by atoms with E-state index in [4.69, 9.17) is 10.5 Å². The van der Waals surface area contributed by atoms with Gasteiger partial charge in [-0.3, -0.25) is 9.59 Å². The zero-order chi connectivity index (χ0) is 27.5. The number of piperidine rings is 1. The van der Waals surface area contributed by atoms with Gasteiger partial charge in [-0.25, -0.2) is 9.49 Å². The number of likely N-dealkylation sites (tertiary alicyclic amines) is 1. The summed E-state index contributed by atoms with van der Waals surface area (Å²) in [4.78, 5) is 29.4. The summed E-state index contributed by atoms with van der Waals surface area (Å²) in [6.45, 7) is 1.05. The van der Waals surface area contributed by atoms with Crippen molar-refractivity contribution in [1.29, 1.82) is 0 Å². The number of benzene rings is 2. The lowest BCUT2D eigenvalue weighted by molar-refractivity contribution is -0.128. The third kappa shape index (κ3) is 5.56. The Morgan fingerprint density at radius 2 is 1.90 bits per heavy atom. The molecule has 1 amide bonds. The van der Waals surface area contributed by atoms with Crippen LogP contribution in [0.3, 0.4) is 0 Å². The third-order valence-corrected chi connectivity index (χ3v) is 6.83. The highest BCUT2D eigenvalue weighted by Gasteiger charge is 2.34. The highest BCUT2D eigenvalue weighted by molar-refractivity contribution is 6.02. The Bertz CT molecular complexity index is 1550. The van der Waals surface area contributed by atoms with Crippen molar-refractivity contribution >= 4 is 22.6 Å². The number of likely N-dealkylation sites (N-methyl/N-ethyl adjacent to an activating group) is 1. The van der Waals surface area contributed by atoms with Crippen LogP contribution in [0, 0.1) is 0 Å². The molecule has 202 valence electrons. The number of rotatable bonds is 7. The summed E-state index contributed by atoms with van der Waals surface area (Å²) in [6, 6.07) is 16.0. The summed E-state index contributed by atoms with van der Waals surface area (Å²) in [5.41, 5.74) is 7.40. The van der Waals surface area contributed by atoms with Crippen LogP contribution in [0.15, 0.2) is 77.7 Å². The van der Waals surface area contributed by atoms with Crippen LogP contribution in [-0.4, -0.2) is 70.4 Å². The second-order valence-corrected chi connectivity index (χ2v) is 9.87. The van der Waals surface area contributed by atoms with E-state index in [0.717, 1.165) is 5.56 Å². The quantitative estimate of drug-likeness (QED) is 0.350. The molecule has 3 N–H and O–H groups in total. The first-order valence-corrected chi connectivity index (χ1v) is 12.8. The van der Waals surface area contributed by atoms with Crippen LogP contribution >= 0.6 is 0 Å². The first kappa shape index (κ1) is 26.2. The number of alkyl halides is 1. The lowest BCUT2D eigenvalue weighted by Crippen LogP contribution is -2.45. The number of nitrogens with two attached hydrogens (primary N) is 1. The topological polar surface area (TPSA) is 109 Å². The van der Waals surface area contributed by atoms with Gasteiger partial charge >= 0.3 is 0 Å². The average molecular weight is 531 g/mol. The van der Waals surface area contributed by atoms with Crippen molar-refractivity contribution in [3.8, 4) is 22.6 Å². The van der Waals surface area contributed by atoms with E-state index in [0.29, 0.717) is 35.5 Å². The SMILES string of the molecule is CN(C)CC=CC(=O)N1CCC(F)C(n2cc(-c3ccc(Oc4ccccc4)cc3)c3c(N)n[nH]c(=O)c32)C1. The Kier molecular flexibility index (Phi) is 7.47. The molecule has 9 nitrogen and oxygen atoms in total. The normalized spacial score (nSPS) is 17.8. The molecule has 5 rings (SSSR count). The molecule has 4 aromatic rings. The van der Waals surface area contributed by atoms with Crippen LogP contribution in [0.5, 0.6) is 11.5 Å². The van der Waals surface area contributed by atoms with E-state index in [1.165, 1.54) is 6.08 Å². The number of carbonyl (C=O) groups is 1. The number of hydrogen-bond acceptors (Lipinski definition) is 6. The molecule has 0 bridgehead atoms. The van der Waals surface area contributed by atoms with E-state index in [1.807, 2.05) is 73.6 Å². The van der Waals surface area contributed by atoms with Crippen molar-refractivity contribution in [2.24, 2.45) is 0 Å². The highest BCUT2D eigenvalue weighted by atomic mass is 19.1. The van der Waals surface area contributed by atoms with Gasteiger partial charge in [0.25, 0.3) is 5.56 Å². The van der Waals surface area contributed by atoms with Crippen molar-refractivity contribution in [2.45, 2.75) is 18.6 Å². The fourth-order valence-electron chi connectivity index (χ4n) is 4.88. The van der Waals surface area contributed by atoms with E-state index < -0.39 is 17.8 Å². The molecule has 0 radical (unpaired) electrons. The van der Waals surface area contributed by atoms with E-state index >= 15 is 4.39 Å². The number of halogens is 1. The Labute approximate surface area is 225 Å². The van der Waals surface area contributed by atoms with Gasteiger partial charge in [0.2, 0.25) is 5.91 Å². The van der Waals surface area contributed by atoms with Crippen molar-refractivity contribution in [3.05, 3.63) is 83.3 Å². The summed E-state index contributed by atoms with van der Waals surface area (Å²) in [5.74, 6) is 1.30. The first-order valence-electron chi connectivity index (χ1n) is 12.8. The zero-order valence-corrected chi connectivity index (χ0v) is 21.9. The van der Waals surface area contributed by atoms with Crippen molar-refractivity contribution in [3.63, 3.8) is 0 Å². The number of nitrogens with zero attached hydrogens (tertiary/aromatic N) is 4. The van der Waals surface area contributed by atoms with Crippen LogP contribution in [0.1, 0.15) is 12.5 Å². The van der Waals surface area contributed by atoms with Gasteiger partial charge in [0.15, 0.2) is 5.82 Å². The number of carbonyl (C=O) groups excluding carboxylic acids is 1. The predicted octanol–water partition coefficient (Wildman–Crippen LogP) is 4.00. The predicted molar refractivity (Wildman–Crippen MR) is 150 cm³/mol. The molecule has 1 fully saturated rings. The number of anilines is 1. The molecule has 10 heteroatoms. The van der Waals surface area contributed by atoms with Gasteiger partial charge in [0.1, 0.15) is 23.2 Å². The number of nitrogens with one attached hydrogen (secondary N) is 1. The fourth-order valence-corrected chi connectivity index (χ4v) is 4.88. The third-order valence-electron chi connectivity index (χ3n) is 6.83. The number of hydrogen-bond donors (Lipinski definition) is 2. The van der Waals surface area contributed by atoms with Gasteiger partial charge < -0.3 is 24.8 Å². The average Bonchev–Trinajstić information content (AvgIpc) is 3.33. The van der Waals surface area contributed by atoms with Gasteiger partial charge in [-0.2, -0.15) is 5.10 Å². The van der Waals surface area contributed by atoms with Gasteiger partial charge in [0, 0.05) is 37.5 Å². The van der Waals surface area contributed by atoms with Gasteiger partial charge in [-0.15, -0.1) is 0 Å². The molecule has 2 aromatic heterocycles. The minimum absolute atomic E-state index is 0.126. The molecular weight excluding hydrogens is 499 g/mol. The van der Waals surface area contributed by atoms with Gasteiger partial charge in [-0.05, 0) is 50.3 Å². The minimum atomic E-state index is -1.25. The first-order chi connectivity index (χ1) is 18.8. The number of fused-ring (bicyclic) bond motifs is 1. The number of aromatic nitrogens is 3. The van der Waals surface area contributed by atoms with Crippen LogP contribution in [0.2, 0.25) is 0 Å². The van der Waals surface area contributed by atoms with Crippen LogP contribution in [0.25, 0.3) is 22.0 Å². The molecule has 1 aliphatic rings. The minimum Gasteiger partial charge on any atom is -0.457 e. The number of para-hydroxylation sites is 1. The maximum absolute atomic E-state index is 15.4. The molecular formula is C29H31FN6O3. The summed E-state index contributed by atoms with van der Waals surface area (Å²) < 4.78 is 22.9. The molecule has 2 unspecified atom stereocenters. The zero-order valence-electron chi connectivity index (χ0n) is 21.9. The van der Waals surface area contributed by atoms with E-state index in [2.05, 4.69) is 10.2 Å². The second kappa shape index (κ2) is 11.1. The lowest BCUT2D eigenvalue weighted by atomic mass is 10.0. The molecule has 1 aliphatic heterocycles. The molecule has 0 spiro atoms. The van der Waals surface area contributed by atoms with E-state index in [-0.39, 0.29) is 30.2 Å². The molecule has 0 aliphatic carbocycles. The van der Waals surface area contributed by atoms with Crippen LogP contribution in [-0.2, 0) is 4.79 Å². The number of aromatic amines is 1. The maximum Gasteiger partial charge on any atom is 0.288 e. The van der Waals surface area contributed by atoms with E-state index in [9.17, 15) is 9.59 Å². The summed E-state index contributed by atoms with van der Waals surface area (Å²) in [7, 11) is 3.83. The Balaban J connectivity index is 1.49. The molecule has 0 saturated carbocycles. The fraction of sp³-hybridized carbons (Fsp3) is 0.276. The van der Waals surface area contributed by atoms with Gasteiger partial charge in [0.05, 0.1) is 11.4 Å². The number of H-pyrrole nitrogens is 1. The number of nitrogen functional groups attached to an aromatic ring is 1. The Hall–Kier alpha value is -4.44.